The predicted octanol–water partition coefficient (Wildman–Crippen LogP) is 2.29. The van der Waals surface area contributed by atoms with Gasteiger partial charge in [-0.1, -0.05) is 26.2 Å². The van der Waals surface area contributed by atoms with Crippen LogP contribution in [0.15, 0.2) is 0 Å². The van der Waals surface area contributed by atoms with Gasteiger partial charge in [-0.05, 0) is 6.42 Å². The lowest BCUT2D eigenvalue weighted by atomic mass is 10.1. The van der Waals surface area contributed by atoms with Crippen molar-refractivity contribution in [3.63, 3.8) is 0 Å². The molecule has 1 aliphatic heterocycles. The molecule has 0 radical (unpaired) electrons. The van der Waals surface area contributed by atoms with Crippen LogP contribution in [0.2, 0.25) is 0 Å². The first-order valence-electron chi connectivity index (χ1n) is 4.21. The number of hydrogen-bond donors (Lipinski definition) is 0. The normalized spacial score (nSPS) is 25.5. The molecular weight excluding hydrogens is 128 g/mol. The second-order valence-electron chi connectivity index (χ2n) is 2.82. The zero-order chi connectivity index (χ0) is 7.23. The molecule has 1 atom stereocenters. The zero-order valence-corrected chi connectivity index (χ0v) is 6.64. The van der Waals surface area contributed by atoms with Crippen molar-refractivity contribution < 1.29 is 9.78 Å². The van der Waals surface area contributed by atoms with Gasteiger partial charge in [0.2, 0.25) is 0 Å². The van der Waals surface area contributed by atoms with E-state index in [-0.39, 0.29) is 0 Å². The van der Waals surface area contributed by atoms with E-state index in [0.717, 1.165) is 13.0 Å². The van der Waals surface area contributed by atoms with Gasteiger partial charge >= 0.3 is 0 Å². The summed E-state index contributed by atoms with van der Waals surface area (Å²) in [4.78, 5) is 9.79. The van der Waals surface area contributed by atoms with Gasteiger partial charge in [0, 0.05) is 6.42 Å². The molecule has 10 heavy (non-hydrogen) atoms. The summed E-state index contributed by atoms with van der Waals surface area (Å²) in [6.45, 7) is 3.00. The fraction of sp³-hybridized carbons (Fsp3) is 1.00. The fourth-order valence-electron chi connectivity index (χ4n) is 1.19. The molecule has 0 aromatic rings. The molecule has 0 bridgehead atoms. The Hall–Kier alpha value is -0.0800. The minimum atomic E-state index is 0.395. The fourth-order valence-corrected chi connectivity index (χ4v) is 1.19. The van der Waals surface area contributed by atoms with Crippen molar-refractivity contribution in [2.45, 2.75) is 45.1 Å². The average molecular weight is 144 g/mol. The van der Waals surface area contributed by atoms with Gasteiger partial charge in [-0.2, -0.15) is 0 Å². The Morgan fingerprint density at radius 1 is 1.40 bits per heavy atom. The standard InChI is InChI=1S/C8H16O2/c1-2-3-4-5-8-6-7-9-10-8/h8H,2-7H2,1H3. The molecule has 0 aromatic carbocycles. The van der Waals surface area contributed by atoms with Crippen LogP contribution in [-0.4, -0.2) is 12.7 Å². The molecule has 0 N–H and O–H groups in total. The molecule has 1 heterocycles. The lowest BCUT2D eigenvalue weighted by molar-refractivity contribution is -0.275. The van der Waals surface area contributed by atoms with Gasteiger partial charge in [-0.3, -0.25) is 0 Å². The number of unbranched alkanes of at least 4 members (excludes halogenated alkanes) is 2. The summed E-state index contributed by atoms with van der Waals surface area (Å²) in [7, 11) is 0. The monoisotopic (exact) mass is 144 g/mol. The third-order valence-electron chi connectivity index (χ3n) is 1.86. The van der Waals surface area contributed by atoms with Gasteiger partial charge in [0.25, 0.3) is 0 Å². The minimum Gasteiger partial charge on any atom is -0.236 e. The molecule has 1 fully saturated rings. The average Bonchev–Trinajstić information content (AvgIpc) is 2.41. The Bertz CT molecular complexity index is 77.3. The maximum absolute atomic E-state index is 5.00. The first-order chi connectivity index (χ1) is 4.93. The molecule has 1 rings (SSSR count). The number of hydrogen-bond acceptors (Lipinski definition) is 2. The van der Waals surface area contributed by atoms with Crippen molar-refractivity contribution in [2.24, 2.45) is 0 Å². The van der Waals surface area contributed by atoms with Crippen molar-refractivity contribution in [3.8, 4) is 0 Å². The molecule has 2 heteroatoms. The Labute approximate surface area is 62.4 Å². The highest BCUT2D eigenvalue weighted by atomic mass is 17.2. The van der Waals surface area contributed by atoms with Gasteiger partial charge in [-0.25, -0.2) is 9.78 Å². The Balaban J connectivity index is 1.91. The molecule has 2 nitrogen and oxygen atoms in total. The van der Waals surface area contributed by atoms with E-state index < -0.39 is 0 Å². The van der Waals surface area contributed by atoms with E-state index in [0.29, 0.717) is 6.10 Å². The summed E-state index contributed by atoms with van der Waals surface area (Å²) < 4.78 is 0. The van der Waals surface area contributed by atoms with Crippen LogP contribution in [0.25, 0.3) is 0 Å². The summed E-state index contributed by atoms with van der Waals surface area (Å²) in [5, 5.41) is 0. The number of rotatable bonds is 4. The van der Waals surface area contributed by atoms with Crippen molar-refractivity contribution in [2.75, 3.05) is 6.61 Å². The SMILES string of the molecule is CCCCCC1CCOO1. The quantitative estimate of drug-likeness (QED) is 0.445. The Kier molecular flexibility index (Phi) is 3.76. The summed E-state index contributed by atoms with van der Waals surface area (Å²) in [6.07, 6.45) is 6.54. The summed E-state index contributed by atoms with van der Waals surface area (Å²) in [5.74, 6) is 0. The van der Waals surface area contributed by atoms with E-state index in [2.05, 4.69) is 6.92 Å². The van der Waals surface area contributed by atoms with E-state index in [9.17, 15) is 0 Å². The molecule has 60 valence electrons. The van der Waals surface area contributed by atoms with Crippen molar-refractivity contribution in [3.05, 3.63) is 0 Å². The van der Waals surface area contributed by atoms with Gasteiger partial charge in [0.15, 0.2) is 0 Å². The molecular formula is C8H16O2. The molecule has 1 saturated heterocycles. The topological polar surface area (TPSA) is 18.5 Å². The van der Waals surface area contributed by atoms with Gasteiger partial charge in [0.05, 0.1) is 12.7 Å². The Morgan fingerprint density at radius 3 is 2.90 bits per heavy atom. The van der Waals surface area contributed by atoms with Crippen LogP contribution in [-0.2, 0) is 9.78 Å². The molecule has 0 spiro atoms. The molecule has 1 unspecified atom stereocenters. The largest absolute Gasteiger partial charge is 0.236 e. The second kappa shape index (κ2) is 4.69. The van der Waals surface area contributed by atoms with Gasteiger partial charge in [-0.15, -0.1) is 0 Å². The smallest absolute Gasteiger partial charge is 0.0953 e. The molecule has 0 aromatic heterocycles. The van der Waals surface area contributed by atoms with Crippen LogP contribution >= 0.6 is 0 Å². The van der Waals surface area contributed by atoms with Crippen LogP contribution in [0, 0.1) is 0 Å². The molecule has 0 amide bonds. The predicted molar refractivity (Wildman–Crippen MR) is 39.6 cm³/mol. The molecule has 1 aliphatic rings. The minimum absolute atomic E-state index is 0.395. The van der Waals surface area contributed by atoms with E-state index in [1.807, 2.05) is 0 Å². The van der Waals surface area contributed by atoms with Crippen molar-refractivity contribution in [1.82, 2.24) is 0 Å². The summed E-state index contributed by atoms with van der Waals surface area (Å²) in [6, 6.07) is 0. The van der Waals surface area contributed by atoms with E-state index in [4.69, 9.17) is 9.78 Å². The lowest BCUT2D eigenvalue weighted by Gasteiger charge is -2.04. The zero-order valence-electron chi connectivity index (χ0n) is 6.64. The highest BCUT2D eigenvalue weighted by Crippen LogP contribution is 2.15. The maximum atomic E-state index is 5.00. The third-order valence-corrected chi connectivity index (χ3v) is 1.86. The van der Waals surface area contributed by atoms with Gasteiger partial charge in [0.1, 0.15) is 0 Å². The first-order valence-corrected chi connectivity index (χ1v) is 4.21. The van der Waals surface area contributed by atoms with Gasteiger partial charge < -0.3 is 0 Å². The van der Waals surface area contributed by atoms with Crippen LogP contribution in [0.1, 0.15) is 39.0 Å². The van der Waals surface area contributed by atoms with E-state index in [1.165, 1.54) is 25.7 Å². The van der Waals surface area contributed by atoms with Crippen molar-refractivity contribution >= 4 is 0 Å². The highest BCUT2D eigenvalue weighted by Gasteiger charge is 2.15. The molecule has 0 saturated carbocycles. The van der Waals surface area contributed by atoms with Crippen LogP contribution in [0.5, 0.6) is 0 Å². The van der Waals surface area contributed by atoms with Crippen LogP contribution < -0.4 is 0 Å². The second-order valence-corrected chi connectivity index (χ2v) is 2.82. The Morgan fingerprint density at radius 2 is 2.30 bits per heavy atom. The first kappa shape index (κ1) is 8.02. The van der Waals surface area contributed by atoms with Crippen molar-refractivity contribution in [1.29, 1.82) is 0 Å². The summed E-state index contributed by atoms with van der Waals surface area (Å²) >= 11 is 0. The van der Waals surface area contributed by atoms with E-state index in [1.54, 1.807) is 0 Å². The summed E-state index contributed by atoms with van der Waals surface area (Å²) in [5.41, 5.74) is 0. The third kappa shape index (κ3) is 2.67. The maximum Gasteiger partial charge on any atom is 0.0953 e. The van der Waals surface area contributed by atoms with E-state index >= 15 is 0 Å². The van der Waals surface area contributed by atoms with Crippen LogP contribution in [0.4, 0.5) is 0 Å². The lowest BCUT2D eigenvalue weighted by Crippen LogP contribution is -2.03. The molecule has 0 aliphatic carbocycles. The van der Waals surface area contributed by atoms with Crippen LogP contribution in [0.3, 0.4) is 0 Å². The highest BCUT2D eigenvalue weighted by molar-refractivity contribution is 4.58.